The summed E-state index contributed by atoms with van der Waals surface area (Å²) in [7, 11) is 8.05. The Balaban J connectivity index is 1.50. The first-order valence-corrected chi connectivity index (χ1v) is 13.0. The second-order valence-corrected chi connectivity index (χ2v) is 9.81. The van der Waals surface area contributed by atoms with E-state index in [-0.39, 0.29) is 6.10 Å². The second-order valence-electron chi connectivity index (χ2n) is 8.76. The second kappa shape index (κ2) is 12.3. The molecule has 1 aromatic heterocycles. The first kappa shape index (κ1) is 26.1. The highest BCUT2D eigenvalue weighted by molar-refractivity contribution is 7.97. The van der Waals surface area contributed by atoms with Crippen molar-refractivity contribution in [2.75, 3.05) is 37.4 Å². The van der Waals surface area contributed by atoms with Crippen molar-refractivity contribution in [3.63, 3.8) is 0 Å². The summed E-state index contributed by atoms with van der Waals surface area (Å²) < 4.78 is 15.3. The molecule has 1 saturated heterocycles. The maximum atomic E-state index is 6.27. The van der Waals surface area contributed by atoms with Gasteiger partial charge >= 0.3 is 0 Å². The minimum absolute atomic E-state index is 0.179. The molecule has 1 aliphatic rings. The third-order valence-corrected chi connectivity index (χ3v) is 6.66. The van der Waals surface area contributed by atoms with E-state index >= 15 is 0 Å². The Hall–Kier alpha value is -2.95. The summed E-state index contributed by atoms with van der Waals surface area (Å²) in [6.45, 7) is 8.91. The Labute approximate surface area is 219 Å². The number of hydrogen-bond donors (Lipinski definition) is 3. The summed E-state index contributed by atoms with van der Waals surface area (Å²) >= 11 is 1.51. The summed E-state index contributed by atoms with van der Waals surface area (Å²) in [4.78, 5) is 12.4. The van der Waals surface area contributed by atoms with Crippen molar-refractivity contribution in [1.29, 1.82) is 0 Å². The van der Waals surface area contributed by atoms with Gasteiger partial charge in [-0.05, 0) is 75.9 Å². The lowest BCUT2D eigenvalue weighted by atomic mass is 9.99. The maximum absolute atomic E-state index is 6.27. The largest absolute Gasteiger partial charge is 0.492 e. The highest BCUT2D eigenvalue weighted by atomic mass is 32.2. The average molecular weight is 504 g/mol. The van der Waals surface area contributed by atoms with Crippen LogP contribution in [0.25, 0.3) is 0 Å². The van der Waals surface area contributed by atoms with Crippen LogP contribution in [0.1, 0.15) is 27.2 Å². The molecule has 1 unspecified atom stereocenters. The van der Waals surface area contributed by atoms with Crippen molar-refractivity contribution in [3.05, 3.63) is 48.7 Å². The molecule has 188 valence electrons. The van der Waals surface area contributed by atoms with Gasteiger partial charge in [0.05, 0.1) is 18.0 Å². The molecule has 8 nitrogen and oxygen atoms in total. The molecule has 2 radical (unpaired) electrons. The van der Waals surface area contributed by atoms with Gasteiger partial charge in [-0.3, -0.25) is 9.62 Å². The van der Waals surface area contributed by atoms with Gasteiger partial charge in [0, 0.05) is 36.3 Å². The molecule has 10 heteroatoms. The van der Waals surface area contributed by atoms with Gasteiger partial charge in [-0.2, -0.15) is 4.98 Å². The molecule has 36 heavy (non-hydrogen) atoms. The van der Waals surface area contributed by atoms with Crippen LogP contribution in [-0.4, -0.2) is 61.6 Å². The lowest BCUT2D eigenvalue weighted by Crippen LogP contribution is -2.30. The third kappa shape index (κ3) is 6.63. The first-order valence-electron chi connectivity index (χ1n) is 12.2. The highest BCUT2D eigenvalue weighted by Crippen LogP contribution is 2.33. The highest BCUT2D eigenvalue weighted by Gasteiger charge is 2.25. The smallest absolute Gasteiger partial charge is 0.229 e. The fourth-order valence-electron chi connectivity index (χ4n) is 4.03. The van der Waals surface area contributed by atoms with E-state index in [0.717, 1.165) is 41.5 Å². The van der Waals surface area contributed by atoms with E-state index < -0.39 is 0 Å². The molecule has 0 aliphatic carbocycles. The van der Waals surface area contributed by atoms with E-state index in [4.69, 9.17) is 17.3 Å². The van der Waals surface area contributed by atoms with Crippen molar-refractivity contribution in [2.24, 2.45) is 0 Å². The quantitative estimate of drug-likeness (QED) is 0.262. The van der Waals surface area contributed by atoms with Crippen LogP contribution < -0.4 is 30.3 Å². The topological polar surface area (TPSA) is 83.6 Å². The number of benzene rings is 2. The minimum Gasteiger partial charge on any atom is -0.492 e. The van der Waals surface area contributed by atoms with Crippen molar-refractivity contribution >= 4 is 48.4 Å². The van der Waals surface area contributed by atoms with Crippen LogP contribution in [0.15, 0.2) is 53.6 Å². The van der Waals surface area contributed by atoms with E-state index in [1.165, 1.54) is 11.9 Å². The molecule has 2 heterocycles. The number of nitrogens with one attached hydrogen (secondary N) is 3. The van der Waals surface area contributed by atoms with Gasteiger partial charge in [0.2, 0.25) is 5.95 Å². The molecule has 3 aromatic rings. The molecule has 2 aromatic carbocycles. The van der Waals surface area contributed by atoms with Gasteiger partial charge in [-0.25, -0.2) is 4.98 Å². The van der Waals surface area contributed by atoms with Gasteiger partial charge in [0.25, 0.3) is 0 Å². The number of hydrogen-bond acceptors (Lipinski definition) is 9. The standard InChI is InChI=1S/C26H33BN6O2S/c1-5-34-23-14-18(35-19-12-13-33(16-19)17(2)3)10-11-21(23)31-26-29-15-20(27)25(32-26)30-22-8-6-7-9-24(22)36-28-4/h6-11,14-15,17,19,28H,5,12-13,16H2,1-4H3,(H2,29,30,31,32). The molecular weight excluding hydrogens is 471 g/mol. The first-order chi connectivity index (χ1) is 17.5. The van der Waals surface area contributed by atoms with Crippen molar-refractivity contribution in [3.8, 4) is 11.5 Å². The zero-order valence-electron chi connectivity index (χ0n) is 21.2. The van der Waals surface area contributed by atoms with Gasteiger partial charge < -0.3 is 20.1 Å². The average Bonchev–Trinajstić information content (AvgIpc) is 3.33. The van der Waals surface area contributed by atoms with E-state index in [0.29, 0.717) is 35.6 Å². The van der Waals surface area contributed by atoms with Crippen molar-refractivity contribution < 1.29 is 9.47 Å². The molecule has 3 N–H and O–H groups in total. The lowest BCUT2D eigenvalue weighted by Gasteiger charge is -2.21. The molecule has 4 rings (SSSR count). The van der Waals surface area contributed by atoms with E-state index in [2.05, 4.69) is 44.1 Å². The number of para-hydroxylation sites is 1. The zero-order chi connectivity index (χ0) is 25.5. The van der Waals surface area contributed by atoms with E-state index in [9.17, 15) is 0 Å². The van der Waals surface area contributed by atoms with E-state index in [1.807, 2.05) is 56.4 Å². The predicted molar refractivity (Wildman–Crippen MR) is 149 cm³/mol. The summed E-state index contributed by atoms with van der Waals surface area (Å²) in [6.07, 6.45) is 2.79. The third-order valence-electron chi connectivity index (χ3n) is 5.88. The molecule has 0 saturated carbocycles. The summed E-state index contributed by atoms with van der Waals surface area (Å²) in [5, 5.41) is 6.59. The van der Waals surface area contributed by atoms with Gasteiger partial charge in [-0.1, -0.05) is 12.1 Å². The van der Waals surface area contributed by atoms with Crippen LogP contribution in [-0.2, 0) is 0 Å². The summed E-state index contributed by atoms with van der Waals surface area (Å²) in [6, 6.07) is 14.3. The number of nitrogens with zero attached hydrogens (tertiary/aromatic N) is 3. The Morgan fingerprint density at radius 2 is 2.00 bits per heavy atom. The molecule has 0 amide bonds. The maximum Gasteiger partial charge on any atom is 0.229 e. The van der Waals surface area contributed by atoms with Crippen LogP contribution in [0, 0.1) is 0 Å². The normalized spacial score (nSPS) is 15.8. The Bertz CT molecular complexity index is 1170. The van der Waals surface area contributed by atoms with Gasteiger partial charge in [-0.15, -0.1) is 0 Å². The van der Waals surface area contributed by atoms with Crippen LogP contribution in [0.2, 0.25) is 0 Å². The summed E-state index contributed by atoms with van der Waals surface area (Å²) in [5.41, 5.74) is 2.10. The Morgan fingerprint density at radius 1 is 1.17 bits per heavy atom. The number of anilines is 4. The molecule has 0 bridgehead atoms. The predicted octanol–water partition coefficient (Wildman–Crippen LogP) is 4.24. The molecule has 1 fully saturated rings. The minimum atomic E-state index is 0.179. The SMILES string of the molecule is [B]c1cnc(Nc2ccc(OC3CCN(C(C)C)C3)cc2OCC)nc1Nc1ccccc1SNC. The van der Waals surface area contributed by atoms with Crippen molar-refractivity contribution in [1.82, 2.24) is 19.6 Å². The van der Waals surface area contributed by atoms with Crippen molar-refractivity contribution in [2.45, 2.75) is 44.2 Å². The number of ether oxygens (including phenoxy) is 2. The molecule has 1 atom stereocenters. The van der Waals surface area contributed by atoms with Crippen LogP contribution in [0.4, 0.5) is 23.1 Å². The summed E-state index contributed by atoms with van der Waals surface area (Å²) in [5.74, 6) is 2.40. The fraction of sp³-hybridized carbons (Fsp3) is 0.385. The van der Waals surface area contributed by atoms with Crippen LogP contribution in [0.3, 0.4) is 0 Å². The van der Waals surface area contributed by atoms with Crippen LogP contribution >= 0.6 is 11.9 Å². The fourth-order valence-corrected chi connectivity index (χ4v) is 4.63. The Kier molecular flexibility index (Phi) is 8.95. The zero-order valence-corrected chi connectivity index (χ0v) is 22.1. The van der Waals surface area contributed by atoms with Crippen LogP contribution in [0.5, 0.6) is 11.5 Å². The molecule has 1 aliphatic heterocycles. The molecular formula is C26H33BN6O2S. The number of aromatic nitrogens is 2. The lowest BCUT2D eigenvalue weighted by molar-refractivity contribution is 0.186. The Morgan fingerprint density at radius 3 is 2.75 bits per heavy atom. The molecule has 0 spiro atoms. The van der Waals surface area contributed by atoms with Gasteiger partial charge in [0.15, 0.2) is 0 Å². The number of likely N-dealkylation sites (tertiary alicyclic amines) is 1. The monoisotopic (exact) mass is 504 g/mol. The number of rotatable bonds is 11. The van der Waals surface area contributed by atoms with Gasteiger partial charge in [0.1, 0.15) is 31.3 Å². The van der Waals surface area contributed by atoms with E-state index in [1.54, 1.807) is 6.20 Å².